The Morgan fingerprint density at radius 1 is 1.25 bits per heavy atom. The van der Waals surface area contributed by atoms with Gasteiger partial charge in [-0.05, 0) is 34.6 Å². The SMILES string of the molecule is C=C(C)C(=O)N=C1CC(C)(C)NC(C)(C)C1. The minimum absolute atomic E-state index is 0.00403. The number of aliphatic imine (C=N–C) groups is 1. The third-order valence-electron chi connectivity index (χ3n) is 2.59. The molecule has 0 spiro atoms. The number of nitrogens with one attached hydrogen (secondary N) is 1. The molecule has 0 radical (unpaired) electrons. The maximum atomic E-state index is 11.5. The quantitative estimate of drug-likeness (QED) is 0.692. The van der Waals surface area contributed by atoms with Gasteiger partial charge in [0, 0.05) is 35.2 Å². The Balaban J connectivity index is 2.90. The minimum Gasteiger partial charge on any atom is -0.306 e. The first-order valence-corrected chi connectivity index (χ1v) is 5.67. The summed E-state index contributed by atoms with van der Waals surface area (Å²) in [6, 6.07) is 0. The Kier molecular flexibility index (Phi) is 3.38. The molecule has 1 aliphatic heterocycles. The van der Waals surface area contributed by atoms with E-state index >= 15 is 0 Å². The van der Waals surface area contributed by atoms with E-state index in [1.807, 2.05) is 0 Å². The summed E-state index contributed by atoms with van der Waals surface area (Å²) in [5, 5.41) is 3.55. The van der Waals surface area contributed by atoms with Crippen molar-refractivity contribution in [3.05, 3.63) is 12.2 Å². The first-order valence-electron chi connectivity index (χ1n) is 5.67. The summed E-state index contributed by atoms with van der Waals surface area (Å²) >= 11 is 0. The molecule has 1 heterocycles. The molecule has 0 saturated carbocycles. The van der Waals surface area contributed by atoms with Gasteiger partial charge in [-0.1, -0.05) is 6.58 Å². The summed E-state index contributed by atoms with van der Waals surface area (Å²) in [5.74, 6) is -0.191. The highest BCUT2D eigenvalue weighted by Gasteiger charge is 2.35. The molecular weight excluding hydrogens is 200 g/mol. The van der Waals surface area contributed by atoms with E-state index in [-0.39, 0.29) is 17.0 Å². The summed E-state index contributed by atoms with van der Waals surface area (Å²) in [4.78, 5) is 15.7. The number of carbonyl (C=O) groups excluding carboxylic acids is 1. The molecule has 1 rings (SSSR count). The number of amides is 1. The van der Waals surface area contributed by atoms with Gasteiger partial charge in [-0.15, -0.1) is 0 Å². The van der Waals surface area contributed by atoms with Gasteiger partial charge in [-0.3, -0.25) is 4.79 Å². The van der Waals surface area contributed by atoms with E-state index in [2.05, 4.69) is 44.6 Å². The number of hydrogen-bond acceptors (Lipinski definition) is 2. The maximum absolute atomic E-state index is 11.5. The second-order valence-electron chi connectivity index (χ2n) is 6.01. The molecule has 1 amide bonds. The van der Waals surface area contributed by atoms with Crippen LogP contribution >= 0.6 is 0 Å². The standard InChI is InChI=1S/C13H22N2O/c1-9(2)11(16)14-10-7-12(3,4)15-13(5,6)8-10/h15H,1,7-8H2,2-6H3. The Labute approximate surface area is 98.0 Å². The molecule has 3 nitrogen and oxygen atoms in total. The Morgan fingerprint density at radius 2 is 1.69 bits per heavy atom. The van der Waals surface area contributed by atoms with Crippen LogP contribution in [0.2, 0.25) is 0 Å². The van der Waals surface area contributed by atoms with Crippen LogP contribution in [-0.2, 0) is 4.79 Å². The molecule has 0 aromatic carbocycles. The molecule has 16 heavy (non-hydrogen) atoms. The molecule has 1 N–H and O–H groups in total. The highest BCUT2D eigenvalue weighted by atomic mass is 16.1. The Morgan fingerprint density at radius 3 is 2.06 bits per heavy atom. The number of hydrogen-bond donors (Lipinski definition) is 1. The highest BCUT2D eigenvalue weighted by Crippen LogP contribution is 2.26. The van der Waals surface area contributed by atoms with E-state index < -0.39 is 0 Å². The molecule has 0 unspecified atom stereocenters. The van der Waals surface area contributed by atoms with Gasteiger partial charge >= 0.3 is 0 Å². The fraction of sp³-hybridized carbons (Fsp3) is 0.692. The zero-order valence-electron chi connectivity index (χ0n) is 11.0. The van der Waals surface area contributed by atoms with Crippen LogP contribution in [0.4, 0.5) is 0 Å². The summed E-state index contributed by atoms with van der Waals surface area (Å²) in [6.07, 6.45) is 1.63. The van der Waals surface area contributed by atoms with Crippen LogP contribution in [0.15, 0.2) is 17.1 Å². The van der Waals surface area contributed by atoms with Gasteiger partial charge in [0.2, 0.25) is 0 Å². The van der Waals surface area contributed by atoms with Crippen LogP contribution < -0.4 is 5.32 Å². The van der Waals surface area contributed by atoms with Gasteiger partial charge in [0.25, 0.3) is 5.91 Å². The van der Waals surface area contributed by atoms with Crippen molar-refractivity contribution >= 4 is 11.6 Å². The minimum atomic E-state index is -0.191. The van der Waals surface area contributed by atoms with E-state index in [4.69, 9.17) is 0 Å². The monoisotopic (exact) mass is 222 g/mol. The topological polar surface area (TPSA) is 41.5 Å². The number of rotatable bonds is 1. The lowest BCUT2D eigenvalue weighted by Crippen LogP contribution is -2.58. The van der Waals surface area contributed by atoms with Gasteiger partial charge in [-0.2, -0.15) is 0 Å². The van der Waals surface area contributed by atoms with Crippen molar-refractivity contribution in [1.82, 2.24) is 5.32 Å². The Hall–Kier alpha value is -0.960. The molecule has 3 heteroatoms. The normalized spacial score (nSPS) is 22.7. The summed E-state index contributed by atoms with van der Waals surface area (Å²) in [5.41, 5.74) is 1.47. The molecule has 0 aromatic heterocycles. The number of piperidine rings is 1. The van der Waals surface area contributed by atoms with Crippen LogP contribution in [0.25, 0.3) is 0 Å². The summed E-state index contributed by atoms with van der Waals surface area (Å²) in [7, 11) is 0. The zero-order valence-corrected chi connectivity index (χ0v) is 11.0. The van der Waals surface area contributed by atoms with Crippen LogP contribution in [0.1, 0.15) is 47.5 Å². The van der Waals surface area contributed by atoms with Crippen molar-refractivity contribution in [2.75, 3.05) is 0 Å². The van der Waals surface area contributed by atoms with E-state index in [9.17, 15) is 4.79 Å². The third-order valence-corrected chi connectivity index (χ3v) is 2.59. The lowest BCUT2D eigenvalue weighted by molar-refractivity contribution is -0.114. The van der Waals surface area contributed by atoms with E-state index in [1.54, 1.807) is 6.92 Å². The largest absolute Gasteiger partial charge is 0.306 e. The van der Waals surface area contributed by atoms with Crippen LogP contribution in [0.3, 0.4) is 0 Å². The molecule has 1 aliphatic rings. The van der Waals surface area contributed by atoms with Crippen LogP contribution in [0.5, 0.6) is 0 Å². The summed E-state index contributed by atoms with van der Waals surface area (Å²) < 4.78 is 0. The first-order chi connectivity index (χ1) is 7.11. The van der Waals surface area contributed by atoms with Gasteiger partial charge in [0.1, 0.15) is 0 Å². The molecule has 1 saturated heterocycles. The molecule has 90 valence electrons. The molecule has 0 bridgehead atoms. The second-order valence-corrected chi connectivity index (χ2v) is 6.01. The molecule has 1 fully saturated rings. The lowest BCUT2D eigenvalue weighted by Gasteiger charge is -2.43. The smallest absolute Gasteiger partial charge is 0.271 e. The van der Waals surface area contributed by atoms with E-state index in [0.717, 1.165) is 18.6 Å². The van der Waals surface area contributed by atoms with Crippen molar-refractivity contribution < 1.29 is 4.79 Å². The van der Waals surface area contributed by atoms with Crippen molar-refractivity contribution in [3.8, 4) is 0 Å². The third kappa shape index (κ3) is 3.56. The predicted octanol–water partition coefficient (Wildman–Crippen LogP) is 2.47. The van der Waals surface area contributed by atoms with Crippen molar-refractivity contribution in [1.29, 1.82) is 0 Å². The molecular formula is C13H22N2O. The average Bonchev–Trinajstić information content (AvgIpc) is 1.96. The lowest BCUT2D eigenvalue weighted by atomic mass is 9.81. The Bertz CT molecular complexity index is 333. The van der Waals surface area contributed by atoms with Crippen LogP contribution in [-0.4, -0.2) is 22.7 Å². The van der Waals surface area contributed by atoms with E-state index in [0.29, 0.717) is 5.57 Å². The number of carbonyl (C=O) groups is 1. The van der Waals surface area contributed by atoms with Crippen molar-refractivity contribution in [2.24, 2.45) is 4.99 Å². The number of nitrogens with zero attached hydrogens (tertiary/aromatic N) is 1. The predicted molar refractivity (Wildman–Crippen MR) is 67.8 cm³/mol. The molecule has 0 aromatic rings. The van der Waals surface area contributed by atoms with Gasteiger partial charge in [0.05, 0.1) is 0 Å². The summed E-state index contributed by atoms with van der Waals surface area (Å²) in [6.45, 7) is 13.9. The van der Waals surface area contributed by atoms with Crippen LogP contribution in [0, 0.1) is 0 Å². The molecule has 0 aliphatic carbocycles. The maximum Gasteiger partial charge on any atom is 0.271 e. The van der Waals surface area contributed by atoms with Gasteiger partial charge in [0.15, 0.2) is 0 Å². The second kappa shape index (κ2) is 4.13. The fourth-order valence-corrected chi connectivity index (χ4v) is 2.41. The first kappa shape index (κ1) is 13.1. The van der Waals surface area contributed by atoms with Gasteiger partial charge < -0.3 is 5.32 Å². The fourth-order valence-electron chi connectivity index (χ4n) is 2.41. The van der Waals surface area contributed by atoms with Crippen molar-refractivity contribution in [3.63, 3.8) is 0 Å². The molecule has 0 atom stereocenters. The van der Waals surface area contributed by atoms with E-state index in [1.165, 1.54) is 0 Å². The average molecular weight is 222 g/mol. The highest BCUT2D eigenvalue weighted by molar-refractivity contribution is 6.03. The van der Waals surface area contributed by atoms with Crippen molar-refractivity contribution in [2.45, 2.75) is 58.5 Å². The van der Waals surface area contributed by atoms with Gasteiger partial charge in [-0.25, -0.2) is 4.99 Å². The zero-order chi connectivity index (χ0) is 12.6.